The van der Waals surface area contributed by atoms with E-state index in [0.717, 1.165) is 17.4 Å². The normalized spacial score (nSPS) is 17.2. The number of nitrogens with zero attached hydrogens (tertiary/aromatic N) is 4. The number of benzene rings is 1. The summed E-state index contributed by atoms with van der Waals surface area (Å²) in [6.07, 6.45) is 1.74. The number of halogens is 1. The molecule has 0 aliphatic carbocycles. The summed E-state index contributed by atoms with van der Waals surface area (Å²) in [7, 11) is 1.39. The number of aromatic nitrogens is 2. The molecule has 1 fully saturated rings. The molecule has 2 N–H and O–H groups in total. The summed E-state index contributed by atoms with van der Waals surface area (Å²) in [6.45, 7) is 1.20. The molecule has 0 bridgehead atoms. The highest BCUT2D eigenvalue weighted by molar-refractivity contribution is 5.43. The van der Waals surface area contributed by atoms with Gasteiger partial charge in [0.15, 0.2) is 0 Å². The number of hydrogen-bond donors (Lipinski definition) is 1. The number of rotatable bonds is 3. The van der Waals surface area contributed by atoms with Crippen molar-refractivity contribution in [1.82, 2.24) is 9.13 Å². The molecule has 2 heterocycles. The van der Waals surface area contributed by atoms with E-state index >= 15 is 0 Å². The van der Waals surface area contributed by atoms with Crippen molar-refractivity contribution in [2.45, 2.75) is 25.4 Å². The van der Waals surface area contributed by atoms with Crippen molar-refractivity contribution in [3.05, 3.63) is 62.0 Å². The maximum absolute atomic E-state index is 13.9. The van der Waals surface area contributed by atoms with Crippen LogP contribution >= 0.6 is 0 Å². The van der Waals surface area contributed by atoms with Crippen molar-refractivity contribution in [3.8, 4) is 6.07 Å². The van der Waals surface area contributed by atoms with E-state index in [4.69, 9.17) is 5.73 Å². The second kappa shape index (κ2) is 7.14. The Bertz CT molecular complexity index is 989. The first kappa shape index (κ1) is 17.9. The van der Waals surface area contributed by atoms with Crippen molar-refractivity contribution in [1.29, 1.82) is 5.26 Å². The maximum Gasteiger partial charge on any atom is 0.332 e. The van der Waals surface area contributed by atoms with Gasteiger partial charge in [-0.3, -0.25) is 13.9 Å². The predicted molar refractivity (Wildman–Crippen MR) is 95.6 cm³/mol. The van der Waals surface area contributed by atoms with E-state index < -0.39 is 17.1 Å². The number of nitriles is 1. The van der Waals surface area contributed by atoms with Crippen molar-refractivity contribution < 1.29 is 4.39 Å². The van der Waals surface area contributed by atoms with Gasteiger partial charge >= 0.3 is 5.69 Å². The third kappa shape index (κ3) is 3.26. The average Bonchev–Trinajstić information content (AvgIpc) is 2.62. The third-order valence-corrected chi connectivity index (χ3v) is 4.70. The van der Waals surface area contributed by atoms with Crippen molar-refractivity contribution >= 4 is 5.82 Å². The topological polar surface area (TPSA) is 97.1 Å². The van der Waals surface area contributed by atoms with Crippen LogP contribution in [0.5, 0.6) is 0 Å². The van der Waals surface area contributed by atoms with Gasteiger partial charge in [0.05, 0.1) is 12.1 Å². The van der Waals surface area contributed by atoms with Crippen LogP contribution in [-0.4, -0.2) is 28.3 Å². The average molecular weight is 357 g/mol. The molecule has 0 unspecified atom stereocenters. The minimum atomic E-state index is -0.635. The molecule has 0 spiro atoms. The molecule has 26 heavy (non-hydrogen) atoms. The molecule has 0 amide bonds. The minimum absolute atomic E-state index is 0.00528. The van der Waals surface area contributed by atoms with Crippen LogP contribution in [0.1, 0.15) is 24.0 Å². The summed E-state index contributed by atoms with van der Waals surface area (Å²) in [6, 6.07) is 7.50. The fourth-order valence-corrected chi connectivity index (χ4v) is 3.28. The Morgan fingerprint density at radius 1 is 1.38 bits per heavy atom. The lowest BCUT2D eigenvalue weighted by molar-refractivity contribution is 0.491. The molecule has 7 nitrogen and oxygen atoms in total. The van der Waals surface area contributed by atoms with Gasteiger partial charge in [0.2, 0.25) is 0 Å². The summed E-state index contributed by atoms with van der Waals surface area (Å²) >= 11 is 0. The van der Waals surface area contributed by atoms with Gasteiger partial charge in [0.25, 0.3) is 5.56 Å². The van der Waals surface area contributed by atoms with Crippen LogP contribution in [-0.2, 0) is 13.6 Å². The number of piperidine rings is 1. The first-order valence-electron chi connectivity index (χ1n) is 8.41. The fraction of sp³-hybridized carbons (Fsp3) is 0.389. The zero-order valence-corrected chi connectivity index (χ0v) is 14.5. The van der Waals surface area contributed by atoms with Crippen LogP contribution in [0, 0.1) is 17.1 Å². The lowest BCUT2D eigenvalue weighted by atomic mass is 10.1. The Morgan fingerprint density at radius 3 is 2.85 bits per heavy atom. The molecule has 3 rings (SSSR count). The molecule has 1 saturated heterocycles. The van der Waals surface area contributed by atoms with Crippen LogP contribution in [0.2, 0.25) is 0 Å². The lowest BCUT2D eigenvalue weighted by Gasteiger charge is -2.34. The van der Waals surface area contributed by atoms with Crippen molar-refractivity contribution in [3.63, 3.8) is 0 Å². The first-order valence-corrected chi connectivity index (χ1v) is 8.41. The van der Waals surface area contributed by atoms with E-state index in [9.17, 15) is 19.2 Å². The van der Waals surface area contributed by atoms with Gasteiger partial charge in [0, 0.05) is 32.2 Å². The fourth-order valence-electron chi connectivity index (χ4n) is 3.28. The van der Waals surface area contributed by atoms with Gasteiger partial charge in [-0.1, -0.05) is 12.1 Å². The molecule has 1 aromatic carbocycles. The van der Waals surface area contributed by atoms with E-state index in [1.165, 1.54) is 29.8 Å². The minimum Gasteiger partial charge on any atom is -0.356 e. The smallest absolute Gasteiger partial charge is 0.332 e. The summed E-state index contributed by atoms with van der Waals surface area (Å²) in [4.78, 5) is 26.8. The van der Waals surface area contributed by atoms with Gasteiger partial charge in [-0.25, -0.2) is 9.18 Å². The molecular formula is C18H20FN5O2. The molecule has 2 aromatic rings. The highest BCUT2D eigenvalue weighted by atomic mass is 19.1. The maximum atomic E-state index is 13.9. The SMILES string of the molecule is Cn1c(=O)cc(N2CCC[C@@H](N)C2)n(Cc2cccc(F)c2C#N)c1=O. The second-order valence-electron chi connectivity index (χ2n) is 6.50. The molecule has 1 aromatic heterocycles. The molecule has 8 heteroatoms. The highest BCUT2D eigenvalue weighted by Gasteiger charge is 2.22. The van der Waals surface area contributed by atoms with E-state index in [1.807, 2.05) is 11.0 Å². The van der Waals surface area contributed by atoms with Gasteiger partial charge < -0.3 is 10.6 Å². The second-order valence-corrected chi connectivity index (χ2v) is 6.50. The lowest BCUT2D eigenvalue weighted by Crippen LogP contribution is -2.47. The molecule has 0 radical (unpaired) electrons. The van der Waals surface area contributed by atoms with Gasteiger partial charge in [-0.2, -0.15) is 5.26 Å². The van der Waals surface area contributed by atoms with Crippen molar-refractivity contribution in [2.75, 3.05) is 18.0 Å². The molecule has 1 aliphatic rings. The molecular weight excluding hydrogens is 337 g/mol. The molecule has 0 saturated carbocycles. The largest absolute Gasteiger partial charge is 0.356 e. The van der Waals surface area contributed by atoms with Crippen molar-refractivity contribution in [2.24, 2.45) is 12.8 Å². The van der Waals surface area contributed by atoms with E-state index in [2.05, 4.69) is 0 Å². The Hall–Kier alpha value is -2.92. The summed E-state index contributed by atoms with van der Waals surface area (Å²) < 4.78 is 16.3. The Kier molecular flexibility index (Phi) is 4.91. The quantitative estimate of drug-likeness (QED) is 0.864. The number of nitrogens with two attached hydrogens (primary N) is 1. The van der Waals surface area contributed by atoms with E-state index in [0.29, 0.717) is 24.5 Å². The Morgan fingerprint density at radius 2 is 2.15 bits per heavy atom. The zero-order valence-electron chi connectivity index (χ0n) is 14.5. The van der Waals surface area contributed by atoms with Crippen LogP contribution in [0.4, 0.5) is 10.2 Å². The number of hydrogen-bond acceptors (Lipinski definition) is 5. The summed E-state index contributed by atoms with van der Waals surface area (Å²) in [5.41, 5.74) is 5.38. The number of anilines is 1. The van der Waals surface area contributed by atoms with Crippen LogP contribution in [0.15, 0.2) is 33.9 Å². The molecule has 1 aliphatic heterocycles. The summed E-state index contributed by atoms with van der Waals surface area (Å²) in [5, 5.41) is 9.24. The Balaban J connectivity index is 2.13. The van der Waals surface area contributed by atoms with E-state index in [-0.39, 0.29) is 18.2 Å². The first-order chi connectivity index (χ1) is 12.4. The van der Waals surface area contributed by atoms with Crippen LogP contribution in [0.25, 0.3) is 0 Å². The zero-order chi connectivity index (χ0) is 18.8. The predicted octanol–water partition coefficient (Wildman–Crippen LogP) is 0.534. The van der Waals surface area contributed by atoms with Crippen LogP contribution < -0.4 is 21.9 Å². The standard InChI is InChI=1S/C18H20FN5O2/c1-22-17(25)8-16(23-7-3-5-13(21)11-23)24(18(22)26)10-12-4-2-6-15(19)14(12)9-20/h2,4,6,8,13H,3,5,7,10-11,21H2,1H3/t13-/m1/s1. The van der Waals surface area contributed by atoms with Gasteiger partial charge in [-0.05, 0) is 24.5 Å². The van der Waals surface area contributed by atoms with E-state index in [1.54, 1.807) is 6.07 Å². The summed E-state index contributed by atoms with van der Waals surface area (Å²) in [5.74, 6) is -0.189. The third-order valence-electron chi connectivity index (χ3n) is 4.70. The van der Waals surface area contributed by atoms with Gasteiger partial charge in [-0.15, -0.1) is 0 Å². The van der Waals surface area contributed by atoms with Crippen LogP contribution in [0.3, 0.4) is 0 Å². The molecule has 136 valence electrons. The van der Waals surface area contributed by atoms with Gasteiger partial charge in [0.1, 0.15) is 17.7 Å². The highest BCUT2D eigenvalue weighted by Crippen LogP contribution is 2.20. The Labute approximate surface area is 149 Å². The molecule has 1 atom stereocenters. The monoisotopic (exact) mass is 357 g/mol.